The highest BCUT2D eigenvalue weighted by molar-refractivity contribution is 14.0. The van der Waals surface area contributed by atoms with Crippen molar-refractivity contribution in [2.45, 2.75) is 90.3 Å². The molecule has 172 valence electrons. The Morgan fingerprint density at radius 2 is 1.87 bits per heavy atom. The van der Waals surface area contributed by atoms with Crippen LogP contribution < -0.4 is 16.0 Å². The molecule has 30 heavy (non-hydrogen) atoms. The molecule has 1 heterocycles. The van der Waals surface area contributed by atoms with Crippen LogP contribution >= 0.6 is 24.0 Å². The van der Waals surface area contributed by atoms with Gasteiger partial charge in [0.2, 0.25) is 0 Å². The van der Waals surface area contributed by atoms with Crippen LogP contribution in [0.3, 0.4) is 0 Å². The maximum Gasteiger partial charge on any atom is 0.407 e. The van der Waals surface area contributed by atoms with Crippen LogP contribution in [0, 0.1) is 0 Å². The molecule has 0 aliphatic heterocycles. The molecule has 0 spiro atoms. The minimum absolute atomic E-state index is 0. The zero-order valence-corrected chi connectivity index (χ0v) is 21.2. The van der Waals surface area contributed by atoms with Crippen LogP contribution in [0.25, 0.3) is 0 Å². The first kappa shape index (κ1) is 26.6. The predicted octanol–water partition coefficient (Wildman–Crippen LogP) is 4.61. The SMILES string of the molecule is CCCCN=C(NCCc1ccco1)NC1CCC(NC(=O)OC(C)(C)C)CC1.I. The van der Waals surface area contributed by atoms with Crippen molar-refractivity contribution in [2.24, 2.45) is 4.99 Å². The second-order valence-electron chi connectivity index (χ2n) is 8.68. The Bertz CT molecular complexity index is 621. The summed E-state index contributed by atoms with van der Waals surface area (Å²) < 4.78 is 10.8. The predicted molar refractivity (Wildman–Crippen MR) is 132 cm³/mol. The van der Waals surface area contributed by atoms with Crippen LogP contribution in [0.15, 0.2) is 27.8 Å². The van der Waals surface area contributed by atoms with Gasteiger partial charge in [0.05, 0.1) is 6.26 Å². The van der Waals surface area contributed by atoms with E-state index in [0.717, 1.165) is 69.8 Å². The summed E-state index contributed by atoms with van der Waals surface area (Å²) in [5.74, 6) is 1.84. The molecular formula is C22H39IN4O3. The molecule has 3 N–H and O–H groups in total. The fourth-order valence-corrected chi connectivity index (χ4v) is 3.31. The fraction of sp³-hybridized carbons (Fsp3) is 0.727. The van der Waals surface area contributed by atoms with Gasteiger partial charge in [-0.2, -0.15) is 0 Å². The van der Waals surface area contributed by atoms with Crippen LogP contribution in [0.2, 0.25) is 0 Å². The van der Waals surface area contributed by atoms with Gasteiger partial charge in [-0.25, -0.2) is 4.79 Å². The maximum atomic E-state index is 12.0. The third-order valence-corrected chi connectivity index (χ3v) is 4.81. The molecular weight excluding hydrogens is 495 g/mol. The Morgan fingerprint density at radius 3 is 2.43 bits per heavy atom. The number of nitrogens with one attached hydrogen (secondary N) is 3. The van der Waals surface area contributed by atoms with Gasteiger partial charge in [-0.3, -0.25) is 4.99 Å². The Labute approximate surface area is 198 Å². The molecule has 0 unspecified atom stereocenters. The molecule has 0 bridgehead atoms. The molecule has 8 heteroatoms. The standard InChI is InChI=1S/C22H38N4O3.HI/c1-5-6-14-23-20(24-15-13-19-8-7-16-28-19)25-17-9-11-18(12-10-17)26-21(27)29-22(2,3)4;/h7-8,16-18H,5-6,9-15H2,1-4H3,(H,26,27)(H2,23,24,25);1H. The van der Waals surface area contributed by atoms with E-state index in [1.54, 1.807) is 6.26 Å². The van der Waals surface area contributed by atoms with Crippen molar-refractivity contribution in [3.63, 3.8) is 0 Å². The molecule has 0 saturated heterocycles. The quantitative estimate of drug-likeness (QED) is 0.196. The second kappa shape index (κ2) is 13.8. The zero-order valence-electron chi connectivity index (χ0n) is 18.8. The normalized spacial score (nSPS) is 19.5. The summed E-state index contributed by atoms with van der Waals surface area (Å²) in [6, 6.07) is 4.44. The second-order valence-corrected chi connectivity index (χ2v) is 8.68. The van der Waals surface area contributed by atoms with Crippen molar-refractivity contribution in [1.82, 2.24) is 16.0 Å². The van der Waals surface area contributed by atoms with Crippen LogP contribution in [0.5, 0.6) is 0 Å². The number of carbonyl (C=O) groups excluding carboxylic acids is 1. The number of nitrogens with zero attached hydrogens (tertiary/aromatic N) is 1. The molecule has 2 rings (SSSR count). The minimum Gasteiger partial charge on any atom is -0.469 e. The number of alkyl carbamates (subject to hydrolysis) is 1. The summed E-state index contributed by atoms with van der Waals surface area (Å²) in [5.41, 5.74) is -0.464. The van der Waals surface area contributed by atoms with Gasteiger partial charge in [-0.15, -0.1) is 24.0 Å². The fourth-order valence-electron chi connectivity index (χ4n) is 3.31. The van der Waals surface area contributed by atoms with Crippen LogP contribution in [0.1, 0.15) is 72.0 Å². The van der Waals surface area contributed by atoms with Gasteiger partial charge in [0.1, 0.15) is 11.4 Å². The Morgan fingerprint density at radius 1 is 1.20 bits per heavy atom. The van der Waals surface area contributed by atoms with Crippen molar-refractivity contribution < 1.29 is 13.9 Å². The van der Waals surface area contributed by atoms with E-state index in [4.69, 9.17) is 14.1 Å². The molecule has 1 aromatic rings. The average molecular weight is 534 g/mol. The molecule has 0 atom stereocenters. The van der Waals surface area contributed by atoms with E-state index in [0.29, 0.717) is 6.04 Å². The highest BCUT2D eigenvalue weighted by Gasteiger charge is 2.25. The highest BCUT2D eigenvalue weighted by Crippen LogP contribution is 2.19. The van der Waals surface area contributed by atoms with Gasteiger partial charge >= 0.3 is 6.09 Å². The lowest BCUT2D eigenvalue weighted by Crippen LogP contribution is -2.48. The minimum atomic E-state index is -0.464. The van der Waals surface area contributed by atoms with Gasteiger partial charge in [-0.05, 0) is 65.0 Å². The van der Waals surface area contributed by atoms with E-state index < -0.39 is 5.60 Å². The molecule has 7 nitrogen and oxygen atoms in total. The van der Waals surface area contributed by atoms with E-state index in [-0.39, 0.29) is 36.1 Å². The summed E-state index contributed by atoms with van der Waals surface area (Å²) in [6.45, 7) is 9.41. The number of furan rings is 1. The van der Waals surface area contributed by atoms with E-state index in [1.165, 1.54) is 0 Å². The van der Waals surface area contributed by atoms with Crippen LogP contribution in [0.4, 0.5) is 4.79 Å². The molecule has 1 aliphatic rings. The number of halogens is 1. The first-order valence-electron chi connectivity index (χ1n) is 10.9. The number of ether oxygens (including phenoxy) is 1. The van der Waals surface area contributed by atoms with Crippen LogP contribution in [-0.2, 0) is 11.2 Å². The summed E-state index contributed by atoms with van der Waals surface area (Å²) in [7, 11) is 0. The zero-order chi connectivity index (χ0) is 21.1. The number of hydrogen-bond donors (Lipinski definition) is 3. The summed E-state index contributed by atoms with van der Waals surface area (Å²) in [4.78, 5) is 16.7. The monoisotopic (exact) mass is 534 g/mol. The first-order chi connectivity index (χ1) is 13.9. The average Bonchev–Trinajstić information content (AvgIpc) is 3.15. The summed E-state index contributed by atoms with van der Waals surface area (Å²) in [6.07, 6.45) is 8.27. The van der Waals surface area contributed by atoms with Crippen LogP contribution in [-0.4, -0.2) is 42.8 Å². The molecule has 1 aliphatic carbocycles. The third-order valence-electron chi connectivity index (χ3n) is 4.81. The van der Waals surface area contributed by atoms with E-state index >= 15 is 0 Å². The number of aliphatic imine (C=N–C) groups is 1. The summed E-state index contributed by atoms with van der Waals surface area (Å²) in [5, 5.41) is 9.99. The van der Waals surface area contributed by atoms with Crippen molar-refractivity contribution in [2.75, 3.05) is 13.1 Å². The van der Waals surface area contributed by atoms with Gasteiger partial charge in [0.25, 0.3) is 0 Å². The molecule has 0 aromatic carbocycles. The lowest BCUT2D eigenvalue weighted by molar-refractivity contribution is 0.0490. The number of amides is 1. The third kappa shape index (κ3) is 11.1. The number of rotatable bonds is 8. The van der Waals surface area contributed by atoms with Gasteiger partial charge in [0, 0.05) is 31.6 Å². The lowest BCUT2D eigenvalue weighted by atomic mass is 9.91. The van der Waals surface area contributed by atoms with Gasteiger partial charge < -0.3 is 25.1 Å². The molecule has 1 amide bonds. The smallest absolute Gasteiger partial charge is 0.407 e. The number of guanidine groups is 1. The first-order valence-corrected chi connectivity index (χ1v) is 10.9. The molecule has 0 radical (unpaired) electrons. The Kier molecular flexibility index (Phi) is 12.2. The van der Waals surface area contributed by atoms with Gasteiger partial charge in [0.15, 0.2) is 5.96 Å². The van der Waals surface area contributed by atoms with Crippen molar-refractivity contribution in [1.29, 1.82) is 0 Å². The molecule has 1 saturated carbocycles. The number of hydrogen-bond acceptors (Lipinski definition) is 4. The molecule has 1 fully saturated rings. The molecule has 1 aromatic heterocycles. The van der Waals surface area contributed by atoms with E-state index in [2.05, 4.69) is 22.9 Å². The highest BCUT2D eigenvalue weighted by atomic mass is 127. The van der Waals surface area contributed by atoms with E-state index in [9.17, 15) is 4.79 Å². The van der Waals surface area contributed by atoms with E-state index in [1.807, 2.05) is 32.9 Å². The Hall–Kier alpha value is -1.45. The lowest BCUT2D eigenvalue weighted by Gasteiger charge is -2.31. The number of unbranched alkanes of at least 4 members (excludes halogenated alkanes) is 1. The van der Waals surface area contributed by atoms with Crippen molar-refractivity contribution >= 4 is 36.0 Å². The number of carbonyl (C=O) groups is 1. The Balaban J connectivity index is 0.00000450. The van der Waals surface area contributed by atoms with Crippen molar-refractivity contribution in [3.8, 4) is 0 Å². The maximum absolute atomic E-state index is 12.0. The topological polar surface area (TPSA) is 87.9 Å². The largest absolute Gasteiger partial charge is 0.469 e. The van der Waals surface area contributed by atoms with Crippen molar-refractivity contribution in [3.05, 3.63) is 24.2 Å². The van der Waals surface area contributed by atoms with Gasteiger partial charge in [-0.1, -0.05) is 13.3 Å². The summed E-state index contributed by atoms with van der Waals surface area (Å²) >= 11 is 0.